The summed E-state index contributed by atoms with van der Waals surface area (Å²) in [4.78, 5) is 8.38. The summed E-state index contributed by atoms with van der Waals surface area (Å²) in [6.07, 6.45) is 1.71. The summed E-state index contributed by atoms with van der Waals surface area (Å²) in [6, 6.07) is 6.68. The first-order chi connectivity index (χ1) is 12.4. The molecule has 0 spiro atoms. The van der Waals surface area contributed by atoms with Crippen molar-refractivity contribution in [2.24, 2.45) is 4.99 Å². The molecule has 0 aliphatic rings. The summed E-state index contributed by atoms with van der Waals surface area (Å²) >= 11 is 11.9. The summed E-state index contributed by atoms with van der Waals surface area (Å²) < 4.78 is 29.7. The molecule has 0 fully saturated rings. The van der Waals surface area contributed by atoms with Gasteiger partial charge < -0.3 is 15.4 Å². The number of aliphatic imine (C=N–C) groups is 1. The quantitative estimate of drug-likeness (QED) is 0.562. The van der Waals surface area contributed by atoms with Gasteiger partial charge in [-0.25, -0.2) is 0 Å². The van der Waals surface area contributed by atoms with Crippen LogP contribution in [0.3, 0.4) is 0 Å². The van der Waals surface area contributed by atoms with Gasteiger partial charge in [0.25, 0.3) is 0 Å². The number of benzene rings is 1. The normalized spacial score (nSPS) is 11.6. The maximum absolute atomic E-state index is 12.6. The van der Waals surface area contributed by atoms with Crippen LogP contribution in [-0.2, 0) is 13.1 Å². The van der Waals surface area contributed by atoms with Gasteiger partial charge in [0.15, 0.2) is 5.96 Å². The third-order valence-corrected chi connectivity index (χ3v) is 4.00. The van der Waals surface area contributed by atoms with E-state index >= 15 is 0 Å². The van der Waals surface area contributed by atoms with Gasteiger partial charge in [-0.05, 0) is 30.7 Å². The van der Waals surface area contributed by atoms with Crippen LogP contribution in [0.15, 0.2) is 35.5 Å². The van der Waals surface area contributed by atoms with Crippen molar-refractivity contribution in [1.29, 1.82) is 0 Å². The molecule has 1 aromatic heterocycles. The Morgan fingerprint density at radius 1 is 1.27 bits per heavy atom. The molecule has 26 heavy (non-hydrogen) atoms. The van der Waals surface area contributed by atoms with Crippen molar-refractivity contribution in [3.8, 4) is 5.75 Å². The number of alkyl halides is 2. The van der Waals surface area contributed by atoms with Crippen LogP contribution in [0.5, 0.6) is 5.75 Å². The van der Waals surface area contributed by atoms with Crippen LogP contribution in [0, 0.1) is 6.92 Å². The topological polar surface area (TPSA) is 58.5 Å². The molecule has 0 bridgehead atoms. The van der Waals surface area contributed by atoms with E-state index in [1.807, 2.05) is 19.1 Å². The van der Waals surface area contributed by atoms with E-state index < -0.39 is 6.61 Å². The number of rotatable bonds is 6. The number of pyridine rings is 1. The second kappa shape index (κ2) is 9.54. The van der Waals surface area contributed by atoms with Crippen molar-refractivity contribution >= 4 is 29.2 Å². The molecule has 140 valence electrons. The maximum atomic E-state index is 12.6. The van der Waals surface area contributed by atoms with Gasteiger partial charge >= 0.3 is 6.61 Å². The highest BCUT2D eigenvalue weighted by Gasteiger charge is 2.15. The molecule has 0 radical (unpaired) electrons. The molecular formula is C17H18Cl2F2N4O. The van der Waals surface area contributed by atoms with Crippen molar-refractivity contribution in [3.63, 3.8) is 0 Å². The number of ether oxygens (including phenoxy) is 1. The maximum Gasteiger partial charge on any atom is 0.387 e. The zero-order valence-electron chi connectivity index (χ0n) is 14.2. The van der Waals surface area contributed by atoms with Gasteiger partial charge in [0.2, 0.25) is 0 Å². The molecule has 0 aliphatic heterocycles. The Labute approximate surface area is 160 Å². The smallest absolute Gasteiger partial charge is 0.387 e. The number of aromatic nitrogens is 1. The highest BCUT2D eigenvalue weighted by Crippen LogP contribution is 2.33. The Bertz CT molecular complexity index is 787. The van der Waals surface area contributed by atoms with E-state index in [0.717, 1.165) is 11.3 Å². The van der Waals surface area contributed by atoms with E-state index in [-0.39, 0.29) is 17.3 Å². The van der Waals surface area contributed by atoms with Crippen LogP contribution in [-0.4, -0.2) is 24.6 Å². The fourth-order valence-electron chi connectivity index (χ4n) is 2.24. The Morgan fingerprint density at radius 3 is 2.65 bits per heavy atom. The number of halogens is 4. The number of hydrogen-bond acceptors (Lipinski definition) is 3. The monoisotopic (exact) mass is 402 g/mol. The first-order valence-corrected chi connectivity index (χ1v) is 8.44. The molecule has 0 saturated heterocycles. The number of aryl methyl sites for hydroxylation is 1. The van der Waals surface area contributed by atoms with Crippen LogP contribution < -0.4 is 15.4 Å². The Morgan fingerprint density at radius 2 is 2.00 bits per heavy atom. The lowest BCUT2D eigenvalue weighted by atomic mass is 10.2. The van der Waals surface area contributed by atoms with E-state index in [1.165, 1.54) is 12.1 Å². The van der Waals surface area contributed by atoms with Crippen LogP contribution in [0.25, 0.3) is 0 Å². The number of nitrogens with one attached hydrogen (secondary N) is 2. The molecule has 5 nitrogen and oxygen atoms in total. The van der Waals surface area contributed by atoms with Gasteiger partial charge in [-0.3, -0.25) is 9.98 Å². The Hall–Kier alpha value is -2.12. The highest BCUT2D eigenvalue weighted by atomic mass is 35.5. The molecule has 2 rings (SSSR count). The lowest BCUT2D eigenvalue weighted by Crippen LogP contribution is -2.36. The minimum atomic E-state index is -2.99. The van der Waals surface area contributed by atoms with Crippen molar-refractivity contribution in [3.05, 3.63) is 57.3 Å². The average Bonchev–Trinajstić information content (AvgIpc) is 2.59. The van der Waals surface area contributed by atoms with Gasteiger partial charge in [0.1, 0.15) is 5.75 Å². The second-order valence-electron chi connectivity index (χ2n) is 5.30. The molecular weight excluding hydrogens is 385 g/mol. The molecule has 0 unspecified atom stereocenters. The molecule has 0 atom stereocenters. The van der Waals surface area contributed by atoms with Gasteiger partial charge in [-0.15, -0.1) is 0 Å². The van der Waals surface area contributed by atoms with E-state index in [9.17, 15) is 8.78 Å². The molecule has 0 aliphatic carbocycles. The lowest BCUT2D eigenvalue weighted by molar-refractivity contribution is -0.0504. The number of guanidine groups is 1. The molecule has 0 amide bonds. The van der Waals surface area contributed by atoms with Crippen molar-refractivity contribution in [2.45, 2.75) is 26.6 Å². The zero-order valence-corrected chi connectivity index (χ0v) is 15.7. The summed E-state index contributed by atoms with van der Waals surface area (Å²) in [6.45, 7) is -0.425. The van der Waals surface area contributed by atoms with E-state index in [1.54, 1.807) is 13.2 Å². The zero-order chi connectivity index (χ0) is 19.1. The summed E-state index contributed by atoms with van der Waals surface area (Å²) in [5.41, 5.74) is 2.31. The highest BCUT2D eigenvalue weighted by molar-refractivity contribution is 6.35. The fraction of sp³-hybridized carbons (Fsp3) is 0.294. The molecule has 0 saturated carbocycles. The predicted octanol–water partition coefficient (Wildman–Crippen LogP) is 4.16. The minimum absolute atomic E-state index is 0.0154. The molecule has 2 N–H and O–H groups in total. The second-order valence-corrected chi connectivity index (χ2v) is 6.14. The lowest BCUT2D eigenvalue weighted by Gasteiger charge is -2.16. The third-order valence-electron chi connectivity index (χ3n) is 3.50. The van der Waals surface area contributed by atoms with E-state index in [2.05, 4.69) is 25.3 Å². The summed E-state index contributed by atoms with van der Waals surface area (Å²) in [5.74, 6) is 0.351. The van der Waals surface area contributed by atoms with Crippen molar-refractivity contribution in [2.75, 3.05) is 7.05 Å². The van der Waals surface area contributed by atoms with Crippen LogP contribution in [0.2, 0.25) is 10.0 Å². The Balaban J connectivity index is 2.05. The van der Waals surface area contributed by atoms with Crippen molar-refractivity contribution < 1.29 is 13.5 Å². The van der Waals surface area contributed by atoms with E-state index in [0.29, 0.717) is 23.1 Å². The largest absolute Gasteiger partial charge is 0.433 e. The van der Waals surface area contributed by atoms with Crippen LogP contribution >= 0.6 is 23.2 Å². The van der Waals surface area contributed by atoms with Gasteiger partial charge in [-0.1, -0.05) is 29.3 Å². The minimum Gasteiger partial charge on any atom is -0.433 e. The summed E-state index contributed by atoms with van der Waals surface area (Å²) in [5, 5.41) is 6.46. The first-order valence-electron chi connectivity index (χ1n) is 7.68. The molecule has 9 heteroatoms. The van der Waals surface area contributed by atoms with Gasteiger partial charge in [-0.2, -0.15) is 8.78 Å². The molecule has 1 aromatic carbocycles. The first kappa shape index (κ1) is 20.2. The van der Waals surface area contributed by atoms with Crippen molar-refractivity contribution in [1.82, 2.24) is 15.6 Å². The number of nitrogens with zero attached hydrogens (tertiary/aromatic N) is 2. The van der Waals surface area contributed by atoms with E-state index in [4.69, 9.17) is 23.2 Å². The third kappa shape index (κ3) is 5.71. The average molecular weight is 403 g/mol. The van der Waals surface area contributed by atoms with Crippen LogP contribution in [0.1, 0.15) is 16.8 Å². The molecule has 1 heterocycles. The van der Waals surface area contributed by atoms with Gasteiger partial charge in [0, 0.05) is 30.4 Å². The van der Waals surface area contributed by atoms with Gasteiger partial charge in [0.05, 0.1) is 17.3 Å². The molecule has 2 aromatic rings. The van der Waals surface area contributed by atoms with Crippen LogP contribution in [0.4, 0.5) is 8.78 Å². The standard InChI is InChI=1S/C17H18Cl2F2N4O/c1-10-4-3-5-23-14(10)9-25-17(22-2)24-8-11-6-12(18)7-13(19)15(11)26-16(20)21/h3-7,16H,8-9H2,1-2H3,(H2,22,24,25). The fourth-order valence-corrected chi connectivity index (χ4v) is 2.82. The Kier molecular flexibility index (Phi) is 7.41. The predicted molar refractivity (Wildman–Crippen MR) is 99.1 cm³/mol. The SMILES string of the molecule is CN=C(NCc1cc(Cl)cc(Cl)c1OC(F)F)NCc1ncccc1C. The summed E-state index contributed by atoms with van der Waals surface area (Å²) in [7, 11) is 1.60. The number of hydrogen-bond donors (Lipinski definition) is 2.